The van der Waals surface area contributed by atoms with E-state index in [4.69, 9.17) is 9.47 Å². The summed E-state index contributed by atoms with van der Waals surface area (Å²) in [5.41, 5.74) is 1.13. The molecule has 1 aromatic rings. The predicted octanol–water partition coefficient (Wildman–Crippen LogP) is 2.14. The van der Waals surface area contributed by atoms with Gasteiger partial charge < -0.3 is 19.6 Å². The highest BCUT2D eigenvalue weighted by Crippen LogP contribution is 2.40. The first-order valence-electron chi connectivity index (χ1n) is 9.13. The van der Waals surface area contributed by atoms with Crippen molar-refractivity contribution < 1.29 is 33.9 Å². The van der Waals surface area contributed by atoms with E-state index < -0.39 is 27.9 Å². The van der Waals surface area contributed by atoms with Crippen LogP contribution in [0.4, 0.5) is 5.69 Å². The predicted molar refractivity (Wildman–Crippen MR) is 105 cm³/mol. The van der Waals surface area contributed by atoms with Crippen LogP contribution in [0.3, 0.4) is 0 Å². The number of carbonyl (C=O) groups is 2. The number of methoxy groups -OCH3 is 1. The van der Waals surface area contributed by atoms with Gasteiger partial charge in [0.25, 0.3) is 10.8 Å². The summed E-state index contributed by atoms with van der Waals surface area (Å²) < 4.78 is 10.1. The maximum absolute atomic E-state index is 12.9. The number of carbonyl (C=O) groups excluding carboxylic acids is 2. The molecule has 0 saturated heterocycles. The molecule has 0 bridgehead atoms. The van der Waals surface area contributed by atoms with Gasteiger partial charge in [-0.25, -0.2) is 9.59 Å². The van der Waals surface area contributed by atoms with E-state index >= 15 is 0 Å². The highest BCUT2D eigenvalue weighted by atomic mass is 16.9. The molecular weight excluding hydrogens is 414 g/mol. The Labute approximate surface area is 176 Å². The fourth-order valence-corrected chi connectivity index (χ4v) is 3.24. The molecule has 1 heterocycles. The van der Waals surface area contributed by atoms with Crippen LogP contribution >= 0.6 is 0 Å². The number of rotatable bonds is 9. The zero-order valence-corrected chi connectivity index (χ0v) is 17.1. The van der Waals surface area contributed by atoms with E-state index in [2.05, 4.69) is 10.2 Å². The van der Waals surface area contributed by atoms with E-state index in [1.165, 1.54) is 25.3 Å². The van der Waals surface area contributed by atoms with Crippen molar-refractivity contribution in [3.8, 4) is 0 Å². The lowest BCUT2D eigenvalue weighted by Crippen LogP contribution is -2.32. The average Bonchev–Trinajstić information content (AvgIpc) is 2.72. The van der Waals surface area contributed by atoms with Crippen LogP contribution in [-0.2, 0) is 23.9 Å². The monoisotopic (exact) mass is 435 g/mol. The van der Waals surface area contributed by atoms with Crippen LogP contribution in [0.1, 0.15) is 31.7 Å². The lowest BCUT2D eigenvalue weighted by Gasteiger charge is -2.30. The molecule has 1 aliphatic rings. The number of nitro benzene ring substituents is 1. The van der Waals surface area contributed by atoms with Crippen molar-refractivity contribution in [3.05, 3.63) is 72.6 Å². The molecule has 0 saturated carbocycles. The number of nitro groups is 1. The molecule has 12 heteroatoms. The number of ether oxygens (including phenoxy) is 2. The summed E-state index contributed by atoms with van der Waals surface area (Å²) in [6, 6.07) is 5.58. The van der Waals surface area contributed by atoms with Gasteiger partial charge in [0, 0.05) is 29.9 Å². The molecule has 1 atom stereocenters. The van der Waals surface area contributed by atoms with Crippen molar-refractivity contribution >= 4 is 17.6 Å². The number of dihydropyridines is 1. The quantitative estimate of drug-likeness (QED) is 0.263. The molecule has 0 spiro atoms. The number of hydrogen-bond acceptors (Lipinski definition) is 10. The molecule has 0 radical (unpaired) electrons. The van der Waals surface area contributed by atoms with Crippen LogP contribution in [0.5, 0.6) is 0 Å². The molecule has 1 aromatic carbocycles. The van der Waals surface area contributed by atoms with Gasteiger partial charge in [-0.2, -0.15) is 0 Å². The molecule has 0 fully saturated rings. The summed E-state index contributed by atoms with van der Waals surface area (Å²) in [5.74, 6) is -2.47. The van der Waals surface area contributed by atoms with Crippen molar-refractivity contribution in [1.82, 2.24) is 5.32 Å². The van der Waals surface area contributed by atoms with Crippen molar-refractivity contribution in [2.45, 2.75) is 26.2 Å². The number of non-ortho nitro benzene ring substituents is 1. The van der Waals surface area contributed by atoms with Crippen molar-refractivity contribution in [2.24, 2.45) is 0 Å². The Balaban J connectivity index is 2.41. The lowest BCUT2D eigenvalue weighted by molar-refractivity contribution is -0.757. The molecule has 31 heavy (non-hydrogen) atoms. The summed E-state index contributed by atoms with van der Waals surface area (Å²) in [6.07, 6.45) is 0.0761. The maximum Gasteiger partial charge on any atom is 0.336 e. The number of hydrogen-bond donors (Lipinski definition) is 1. The second-order valence-corrected chi connectivity index (χ2v) is 6.53. The molecule has 1 unspecified atom stereocenters. The van der Waals surface area contributed by atoms with Crippen LogP contribution in [0, 0.1) is 20.2 Å². The minimum Gasteiger partial charge on any atom is -0.466 e. The third kappa shape index (κ3) is 5.56. The van der Waals surface area contributed by atoms with Crippen LogP contribution in [0.25, 0.3) is 0 Å². The van der Waals surface area contributed by atoms with Crippen molar-refractivity contribution in [3.63, 3.8) is 0 Å². The van der Waals surface area contributed by atoms with E-state index in [0.29, 0.717) is 17.0 Å². The molecule has 0 amide bonds. The third-order valence-corrected chi connectivity index (χ3v) is 4.52. The first-order valence-corrected chi connectivity index (χ1v) is 9.13. The maximum atomic E-state index is 12.9. The van der Waals surface area contributed by atoms with Gasteiger partial charge in [0.2, 0.25) is 0 Å². The summed E-state index contributed by atoms with van der Waals surface area (Å²) in [5, 5.41) is 23.4. The number of nitrogens with zero attached hydrogens (tertiary/aromatic N) is 2. The minimum absolute atomic E-state index is 0.0710. The highest BCUT2D eigenvalue weighted by molar-refractivity contribution is 5.99. The topological polar surface area (TPSA) is 160 Å². The Morgan fingerprint density at radius 1 is 1.06 bits per heavy atom. The van der Waals surface area contributed by atoms with Crippen LogP contribution in [-0.4, -0.2) is 42.3 Å². The third-order valence-electron chi connectivity index (χ3n) is 4.52. The van der Waals surface area contributed by atoms with Crippen LogP contribution in [0.15, 0.2) is 46.8 Å². The molecule has 12 nitrogen and oxygen atoms in total. The Morgan fingerprint density at radius 3 is 2.29 bits per heavy atom. The van der Waals surface area contributed by atoms with E-state index in [0.717, 1.165) is 0 Å². The number of allylic oxidation sites excluding steroid dienone is 2. The van der Waals surface area contributed by atoms with Gasteiger partial charge in [0.05, 0.1) is 42.3 Å². The van der Waals surface area contributed by atoms with Crippen molar-refractivity contribution in [2.75, 3.05) is 20.3 Å². The molecule has 1 N–H and O–H groups in total. The van der Waals surface area contributed by atoms with Gasteiger partial charge in [-0.1, -0.05) is 12.1 Å². The van der Waals surface area contributed by atoms with E-state index in [-0.39, 0.29) is 36.5 Å². The Kier molecular flexibility index (Phi) is 7.66. The molecule has 0 aliphatic carbocycles. The summed E-state index contributed by atoms with van der Waals surface area (Å²) in [6.45, 7) is 2.81. The molecule has 0 aromatic heterocycles. The summed E-state index contributed by atoms with van der Waals surface area (Å²) in [7, 11) is 1.19. The first kappa shape index (κ1) is 23.3. The molecule has 166 valence electrons. The lowest BCUT2D eigenvalue weighted by atomic mass is 9.80. The number of esters is 2. The van der Waals surface area contributed by atoms with Gasteiger partial charge in [-0.05, 0) is 19.4 Å². The number of nitrogens with one attached hydrogen (secondary N) is 1. The van der Waals surface area contributed by atoms with Gasteiger partial charge in [-0.3, -0.25) is 10.1 Å². The summed E-state index contributed by atoms with van der Waals surface area (Å²) in [4.78, 5) is 50.4. The molecular formula is C19H21N3O9. The van der Waals surface area contributed by atoms with Gasteiger partial charge in [0.15, 0.2) is 0 Å². The standard InChI is InChI=1S/C19H21N3O9/c1-11-15(18(23)29-3)17(13-6-4-7-14(10-13)21(25)26)16(12(2)20-11)19(24)30-8-5-9-31-22(27)28/h4,6-7,10,17,20H,5,8-9H2,1-3H3. The normalized spacial score (nSPS) is 15.8. The second-order valence-electron chi connectivity index (χ2n) is 6.53. The fraction of sp³-hybridized carbons (Fsp3) is 0.368. The molecule has 1 aliphatic heterocycles. The Hall–Kier alpha value is -3.96. The van der Waals surface area contributed by atoms with E-state index in [1.807, 2.05) is 0 Å². The fourth-order valence-electron chi connectivity index (χ4n) is 3.24. The summed E-state index contributed by atoms with van der Waals surface area (Å²) >= 11 is 0. The van der Waals surface area contributed by atoms with E-state index in [1.54, 1.807) is 19.9 Å². The Bertz CT molecular complexity index is 968. The van der Waals surface area contributed by atoms with Crippen LogP contribution in [0.2, 0.25) is 0 Å². The van der Waals surface area contributed by atoms with Gasteiger partial charge in [-0.15, -0.1) is 10.1 Å². The van der Waals surface area contributed by atoms with Crippen LogP contribution < -0.4 is 5.32 Å². The SMILES string of the molecule is COC(=O)C1=C(C)NC(C)=C(C(=O)OCCCO[N+](=O)[O-])C1c1cccc([N+](=O)[O-])c1. The highest BCUT2D eigenvalue weighted by Gasteiger charge is 2.38. The Morgan fingerprint density at radius 2 is 1.71 bits per heavy atom. The minimum atomic E-state index is -0.976. The largest absolute Gasteiger partial charge is 0.466 e. The smallest absolute Gasteiger partial charge is 0.336 e. The first-order chi connectivity index (χ1) is 14.7. The zero-order chi connectivity index (χ0) is 23.1. The number of benzene rings is 1. The van der Waals surface area contributed by atoms with E-state index in [9.17, 15) is 29.8 Å². The average molecular weight is 435 g/mol. The van der Waals surface area contributed by atoms with Gasteiger partial charge in [0.1, 0.15) is 0 Å². The van der Waals surface area contributed by atoms with Gasteiger partial charge >= 0.3 is 11.9 Å². The zero-order valence-electron chi connectivity index (χ0n) is 17.1. The molecule has 2 rings (SSSR count). The second kappa shape index (κ2) is 10.2. The van der Waals surface area contributed by atoms with Crippen molar-refractivity contribution in [1.29, 1.82) is 0 Å².